The molecule has 9 heteroatoms. The number of ether oxygens (including phenoxy) is 2. The second-order valence-corrected chi connectivity index (χ2v) is 7.73. The van der Waals surface area contributed by atoms with Crippen molar-refractivity contribution < 1.29 is 14.3 Å². The van der Waals surface area contributed by atoms with Crippen LogP contribution in [-0.2, 0) is 11.2 Å². The maximum absolute atomic E-state index is 12.9. The van der Waals surface area contributed by atoms with Crippen LogP contribution in [0, 0.1) is 0 Å². The van der Waals surface area contributed by atoms with Gasteiger partial charge in [0, 0.05) is 25.3 Å². The zero-order valence-electron chi connectivity index (χ0n) is 17.0. The highest BCUT2D eigenvalue weighted by molar-refractivity contribution is 6.05. The fraction of sp³-hybridized carbons (Fsp3) is 0.429. The lowest BCUT2D eigenvalue weighted by Crippen LogP contribution is -2.14. The van der Waals surface area contributed by atoms with Gasteiger partial charge in [-0.15, -0.1) is 5.10 Å². The van der Waals surface area contributed by atoms with E-state index < -0.39 is 0 Å². The minimum atomic E-state index is -0.312. The van der Waals surface area contributed by atoms with Crippen LogP contribution in [0.4, 0.5) is 5.82 Å². The summed E-state index contributed by atoms with van der Waals surface area (Å²) in [6.45, 7) is 3.47. The average molecular weight is 408 g/mol. The minimum Gasteiger partial charge on any atom is -0.479 e. The molecule has 30 heavy (non-hydrogen) atoms. The number of amides is 1. The van der Waals surface area contributed by atoms with Gasteiger partial charge in [0.25, 0.3) is 5.91 Å². The molecule has 3 aromatic rings. The topological polar surface area (TPSA) is 96.1 Å². The molecule has 0 aromatic carbocycles. The SMILES string of the molecule is COc1nn(C2CCOC2)cc1C(=O)Nc1cccc(-c2cnc3n2C(C)CC3)n1. The number of aromatic nitrogens is 5. The third kappa shape index (κ3) is 3.24. The predicted octanol–water partition coefficient (Wildman–Crippen LogP) is 2.87. The molecule has 5 rings (SSSR count). The van der Waals surface area contributed by atoms with Gasteiger partial charge >= 0.3 is 0 Å². The van der Waals surface area contributed by atoms with E-state index in [0.717, 1.165) is 36.5 Å². The van der Waals surface area contributed by atoms with E-state index in [1.165, 1.54) is 7.11 Å². The number of nitrogens with one attached hydrogen (secondary N) is 1. The third-order valence-corrected chi connectivity index (χ3v) is 5.77. The van der Waals surface area contributed by atoms with Crippen molar-refractivity contribution in [3.63, 3.8) is 0 Å². The summed E-state index contributed by atoms with van der Waals surface area (Å²) in [4.78, 5) is 22.1. The number of aryl methyl sites for hydroxylation is 1. The highest BCUT2D eigenvalue weighted by Crippen LogP contribution is 2.32. The van der Waals surface area contributed by atoms with Crippen molar-refractivity contribution in [1.29, 1.82) is 0 Å². The van der Waals surface area contributed by atoms with Crippen LogP contribution in [0.3, 0.4) is 0 Å². The van der Waals surface area contributed by atoms with E-state index in [2.05, 4.69) is 31.9 Å². The quantitative estimate of drug-likeness (QED) is 0.697. The lowest BCUT2D eigenvalue weighted by molar-refractivity contribution is 0.102. The first kappa shape index (κ1) is 18.8. The van der Waals surface area contributed by atoms with Crippen molar-refractivity contribution in [1.82, 2.24) is 24.3 Å². The lowest BCUT2D eigenvalue weighted by Gasteiger charge is -2.12. The van der Waals surface area contributed by atoms with Crippen LogP contribution in [0.25, 0.3) is 11.4 Å². The Morgan fingerprint density at radius 2 is 2.23 bits per heavy atom. The van der Waals surface area contributed by atoms with Gasteiger partial charge in [0.1, 0.15) is 17.2 Å². The van der Waals surface area contributed by atoms with Crippen LogP contribution in [0.2, 0.25) is 0 Å². The van der Waals surface area contributed by atoms with Crippen molar-refractivity contribution in [3.8, 4) is 17.3 Å². The largest absolute Gasteiger partial charge is 0.479 e. The fourth-order valence-corrected chi connectivity index (χ4v) is 4.16. The van der Waals surface area contributed by atoms with Crippen molar-refractivity contribution in [2.24, 2.45) is 0 Å². The summed E-state index contributed by atoms with van der Waals surface area (Å²) in [5, 5.41) is 7.27. The van der Waals surface area contributed by atoms with Gasteiger partial charge in [0.05, 0.1) is 37.3 Å². The molecule has 0 saturated carbocycles. The Kier molecular flexibility index (Phi) is 4.74. The fourth-order valence-electron chi connectivity index (χ4n) is 4.16. The minimum absolute atomic E-state index is 0.118. The molecule has 1 fully saturated rings. The van der Waals surface area contributed by atoms with E-state index in [1.807, 2.05) is 18.3 Å². The summed E-state index contributed by atoms with van der Waals surface area (Å²) in [7, 11) is 1.51. The highest BCUT2D eigenvalue weighted by atomic mass is 16.5. The number of imidazole rings is 1. The molecule has 9 nitrogen and oxygen atoms in total. The summed E-state index contributed by atoms with van der Waals surface area (Å²) in [6.07, 6.45) is 6.50. The van der Waals surface area contributed by atoms with E-state index in [0.29, 0.717) is 30.6 Å². The molecular formula is C21H24N6O3. The monoisotopic (exact) mass is 408 g/mol. The number of pyridine rings is 1. The summed E-state index contributed by atoms with van der Waals surface area (Å²) < 4.78 is 14.7. The Labute approximate surface area is 174 Å². The van der Waals surface area contributed by atoms with Gasteiger partial charge in [-0.05, 0) is 31.9 Å². The second-order valence-electron chi connectivity index (χ2n) is 7.73. The lowest BCUT2D eigenvalue weighted by atomic mass is 10.2. The molecule has 0 bridgehead atoms. The molecule has 2 aliphatic rings. The first-order valence-electron chi connectivity index (χ1n) is 10.2. The molecule has 2 aliphatic heterocycles. The van der Waals surface area contributed by atoms with Crippen LogP contribution in [0.15, 0.2) is 30.6 Å². The van der Waals surface area contributed by atoms with E-state index in [-0.39, 0.29) is 17.8 Å². The summed E-state index contributed by atoms with van der Waals surface area (Å²) >= 11 is 0. The maximum atomic E-state index is 12.9. The van der Waals surface area contributed by atoms with Crippen molar-refractivity contribution >= 4 is 11.7 Å². The maximum Gasteiger partial charge on any atom is 0.263 e. The number of fused-ring (bicyclic) bond motifs is 1. The molecule has 0 aliphatic carbocycles. The Hall–Kier alpha value is -3.20. The Balaban J connectivity index is 1.39. The van der Waals surface area contributed by atoms with Crippen LogP contribution in [-0.4, -0.2) is 50.5 Å². The standard InChI is InChI=1S/C21H24N6O3/c1-13-6-7-19-22-10-17(27(13)19)16-4-3-5-18(23-16)24-20(28)15-11-26(25-21(15)29-2)14-8-9-30-12-14/h3-5,10-11,13-14H,6-9,12H2,1-2H3,(H,23,24,28). The molecule has 5 heterocycles. The average Bonchev–Trinajstić information content (AvgIpc) is 3.53. The smallest absolute Gasteiger partial charge is 0.263 e. The normalized spacial score (nSPS) is 20.3. The molecule has 1 saturated heterocycles. The number of hydrogen-bond donors (Lipinski definition) is 1. The Morgan fingerprint density at radius 1 is 1.33 bits per heavy atom. The highest BCUT2D eigenvalue weighted by Gasteiger charge is 2.25. The zero-order chi connectivity index (χ0) is 20.7. The van der Waals surface area contributed by atoms with Gasteiger partial charge in [-0.3, -0.25) is 9.48 Å². The molecular weight excluding hydrogens is 384 g/mol. The van der Waals surface area contributed by atoms with Gasteiger partial charge in [-0.1, -0.05) is 6.07 Å². The molecule has 3 aromatic heterocycles. The van der Waals surface area contributed by atoms with E-state index in [9.17, 15) is 4.79 Å². The van der Waals surface area contributed by atoms with E-state index >= 15 is 0 Å². The molecule has 1 N–H and O–H groups in total. The van der Waals surface area contributed by atoms with Crippen LogP contribution in [0.5, 0.6) is 5.88 Å². The second kappa shape index (κ2) is 7.56. The Bertz CT molecular complexity index is 1080. The molecule has 1 amide bonds. The number of hydrogen-bond acceptors (Lipinski definition) is 6. The molecule has 156 valence electrons. The first-order valence-corrected chi connectivity index (χ1v) is 10.2. The van der Waals surface area contributed by atoms with E-state index in [1.54, 1.807) is 16.9 Å². The van der Waals surface area contributed by atoms with Crippen molar-refractivity contribution in [2.45, 2.75) is 38.3 Å². The molecule has 2 unspecified atom stereocenters. The molecule has 2 atom stereocenters. The third-order valence-electron chi connectivity index (χ3n) is 5.77. The molecule has 0 radical (unpaired) electrons. The zero-order valence-corrected chi connectivity index (χ0v) is 17.0. The number of carbonyl (C=O) groups is 1. The summed E-state index contributed by atoms with van der Waals surface area (Å²) in [5.41, 5.74) is 2.12. The van der Waals surface area contributed by atoms with Crippen molar-refractivity contribution in [3.05, 3.63) is 42.0 Å². The van der Waals surface area contributed by atoms with Gasteiger partial charge in [0.15, 0.2) is 0 Å². The molecule has 0 spiro atoms. The summed E-state index contributed by atoms with van der Waals surface area (Å²) in [5.74, 6) is 1.53. The van der Waals surface area contributed by atoms with E-state index in [4.69, 9.17) is 9.47 Å². The van der Waals surface area contributed by atoms with Crippen LogP contribution >= 0.6 is 0 Å². The number of rotatable bonds is 5. The van der Waals surface area contributed by atoms with Crippen LogP contribution in [0.1, 0.15) is 48.0 Å². The Morgan fingerprint density at radius 3 is 3.03 bits per heavy atom. The number of methoxy groups -OCH3 is 1. The summed E-state index contributed by atoms with van der Waals surface area (Å²) in [6, 6.07) is 6.10. The van der Waals surface area contributed by atoms with Gasteiger partial charge in [-0.2, -0.15) is 0 Å². The van der Waals surface area contributed by atoms with Crippen LogP contribution < -0.4 is 10.1 Å². The number of nitrogens with zero attached hydrogens (tertiary/aromatic N) is 5. The number of anilines is 1. The van der Waals surface area contributed by atoms with Gasteiger partial charge in [-0.25, -0.2) is 9.97 Å². The van der Waals surface area contributed by atoms with Gasteiger partial charge in [0.2, 0.25) is 5.88 Å². The first-order chi connectivity index (χ1) is 14.6. The predicted molar refractivity (Wildman–Crippen MR) is 110 cm³/mol. The number of carbonyl (C=O) groups excluding carboxylic acids is 1. The van der Waals surface area contributed by atoms with Gasteiger partial charge < -0.3 is 19.4 Å². The van der Waals surface area contributed by atoms with Crippen molar-refractivity contribution in [2.75, 3.05) is 25.6 Å².